The maximum atomic E-state index is 9.49. The Morgan fingerprint density at radius 3 is 2.00 bits per heavy atom. The number of aliphatic hydroxyl groups is 1. The van der Waals surface area contributed by atoms with Crippen LogP contribution in [0.2, 0.25) is 0 Å². The molecule has 0 aliphatic carbocycles. The molecule has 0 saturated heterocycles. The molecule has 0 spiro atoms. The second-order valence-corrected chi connectivity index (χ2v) is 2.95. The molecule has 48 valence electrons. The SMILES string of the molecule is O=C=N[SiH](CO)N=C=O. The number of isocyanates is 2. The highest BCUT2D eigenvalue weighted by Crippen LogP contribution is 1.79. The van der Waals surface area contributed by atoms with E-state index in [9.17, 15) is 9.59 Å². The lowest BCUT2D eigenvalue weighted by molar-refractivity contribution is 0.361. The molecule has 0 atom stereocenters. The third-order valence-corrected chi connectivity index (χ3v) is 1.70. The topological polar surface area (TPSA) is 79.1 Å². The van der Waals surface area contributed by atoms with E-state index in [2.05, 4.69) is 9.32 Å². The van der Waals surface area contributed by atoms with Gasteiger partial charge in [0.1, 0.15) is 0 Å². The van der Waals surface area contributed by atoms with Crippen LogP contribution in [0.1, 0.15) is 0 Å². The summed E-state index contributed by atoms with van der Waals surface area (Å²) >= 11 is 0. The lowest BCUT2D eigenvalue weighted by atomic mass is 11.7. The summed E-state index contributed by atoms with van der Waals surface area (Å²) < 4.78 is 6.17. The van der Waals surface area contributed by atoms with E-state index < -0.39 is 9.12 Å². The first-order valence-corrected chi connectivity index (χ1v) is 3.95. The second-order valence-electron chi connectivity index (χ2n) is 1.10. The van der Waals surface area contributed by atoms with Gasteiger partial charge in [-0.1, -0.05) is 0 Å². The van der Waals surface area contributed by atoms with Crippen molar-refractivity contribution in [1.29, 1.82) is 0 Å². The molecule has 9 heavy (non-hydrogen) atoms. The molecule has 0 heterocycles. The summed E-state index contributed by atoms with van der Waals surface area (Å²) in [4.78, 5) is 19.0. The largest absolute Gasteiger partial charge is 0.396 e. The summed E-state index contributed by atoms with van der Waals surface area (Å²) in [7, 11) is -2.25. The van der Waals surface area contributed by atoms with E-state index >= 15 is 0 Å². The molecule has 0 unspecified atom stereocenters. The lowest BCUT2D eigenvalue weighted by Crippen LogP contribution is -2.12. The first-order chi connectivity index (χ1) is 4.35. The van der Waals surface area contributed by atoms with E-state index in [1.165, 1.54) is 12.2 Å². The first-order valence-electron chi connectivity index (χ1n) is 2.10. The summed E-state index contributed by atoms with van der Waals surface area (Å²) in [6.45, 7) is 0. The normalized spacial score (nSPS) is 10.8. The fourth-order valence-electron chi connectivity index (χ4n) is 0.232. The van der Waals surface area contributed by atoms with Crippen molar-refractivity contribution >= 4 is 21.3 Å². The fourth-order valence-corrected chi connectivity index (χ4v) is 0.697. The van der Waals surface area contributed by atoms with Crippen LogP contribution in [0.4, 0.5) is 0 Å². The number of hydrogen-bond donors (Lipinski definition) is 1. The van der Waals surface area contributed by atoms with Crippen LogP contribution in [0.25, 0.3) is 0 Å². The molecule has 0 aromatic carbocycles. The summed E-state index contributed by atoms with van der Waals surface area (Å²) in [5.41, 5.74) is 0. The average Bonchev–Trinajstić information content (AvgIpc) is 1.88. The van der Waals surface area contributed by atoms with Gasteiger partial charge in [-0.15, -0.1) is 0 Å². The molecule has 0 aliphatic heterocycles. The van der Waals surface area contributed by atoms with Gasteiger partial charge in [-0.05, 0) is 0 Å². The molecule has 0 aromatic heterocycles. The van der Waals surface area contributed by atoms with Crippen LogP contribution in [0.15, 0.2) is 9.32 Å². The molecular weight excluding hydrogens is 140 g/mol. The van der Waals surface area contributed by atoms with Crippen LogP contribution in [-0.2, 0) is 9.59 Å². The van der Waals surface area contributed by atoms with Crippen LogP contribution < -0.4 is 0 Å². The molecule has 0 amide bonds. The minimum Gasteiger partial charge on any atom is -0.396 e. The quantitative estimate of drug-likeness (QED) is 0.294. The van der Waals surface area contributed by atoms with E-state index in [1.807, 2.05) is 0 Å². The van der Waals surface area contributed by atoms with Crippen molar-refractivity contribution in [3.63, 3.8) is 0 Å². The van der Waals surface area contributed by atoms with Gasteiger partial charge >= 0.3 is 9.12 Å². The average molecular weight is 144 g/mol. The Balaban J connectivity index is 3.97. The standard InChI is InChI=1S/C3H4N2O3Si/c6-1-4-9(3-8)5-2-7/h8-9H,3H2. The van der Waals surface area contributed by atoms with Gasteiger partial charge in [0.25, 0.3) is 0 Å². The van der Waals surface area contributed by atoms with Gasteiger partial charge in [-0.25, -0.2) is 18.9 Å². The maximum Gasteiger partial charge on any atom is 0.340 e. The summed E-state index contributed by atoms with van der Waals surface area (Å²) in [5, 5.41) is 8.30. The number of carbonyl (C=O) groups excluding carboxylic acids is 2. The smallest absolute Gasteiger partial charge is 0.340 e. The summed E-state index contributed by atoms with van der Waals surface area (Å²) in [6.07, 6.45) is 2.07. The number of aliphatic hydroxyl groups excluding tert-OH is 1. The highest BCUT2D eigenvalue weighted by Gasteiger charge is 2.03. The zero-order valence-electron chi connectivity index (χ0n) is 4.44. The molecule has 0 radical (unpaired) electrons. The maximum absolute atomic E-state index is 9.49. The number of nitrogens with zero attached hydrogens (tertiary/aromatic N) is 2. The van der Waals surface area contributed by atoms with Crippen molar-refractivity contribution in [1.82, 2.24) is 0 Å². The summed E-state index contributed by atoms with van der Waals surface area (Å²) in [5.74, 6) is 0. The van der Waals surface area contributed by atoms with Crippen molar-refractivity contribution in [2.75, 3.05) is 6.23 Å². The molecule has 0 aliphatic rings. The van der Waals surface area contributed by atoms with Gasteiger partial charge < -0.3 is 5.11 Å². The Kier molecular flexibility index (Phi) is 4.48. The minimum absolute atomic E-state index is 0.343. The van der Waals surface area contributed by atoms with Gasteiger partial charge in [-0.3, -0.25) is 0 Å². The highest BCUT2D eigenvalue weighted by atomic mass is 28.3. The third-order valence-electron chi connectivity index (χ3n) is 0.567. The van der Waals surface area contributed by atoms with Gasteiger partial charge in [0.15, 0.2) is 0 Å². The Morgan fingerprint density at radius 1 is 1.33 bits per heavy atom. The van der Waals surface area contributed by atoms with Crippen molar-refractivity contribution in [3.8, 4) is 0 Å². The van der Waals surface area contributed by atoms with Crippen molar-refractivity contribution in [2.24, 2.45) is 9.32 Å². The molecule has 1 N–H and O–H groups in total. The molecule has 0 fully saturated rings. The Labute approximate surface area is 52.5 Å². The van der Waals surface area contributed by atoms with Crippen molar-refractivity contribution in [3.05, 3.63) is 0 Å². The van der Waals surface area contributed by atoms with Crippen LogP contribution in [-0.4, -0.2) is 32.6 Å². The van der Waals surface area contributed by atoms with Gasteiger partial charge in [0, 0.05) is 0 Å². The predicted octanol–water partition coefficient (Wildman–Crippen LogP) is -1.59. The minimum atomic E-state index is -2.25. The van der Waals surface area contributed by atoms with E-state index in [4.69, 9.17) is 5.11 Å². The van der Waals surface area contributed by atoms with Crippen molar-refractivity contribution < 1.29 is 14.7 Å². The Bertz CT molecular complexity index is 152. The molecule has 0 bridgehead atoms. The van der Waals surface area contributed by atoms with E-state index in [1.54, 1.807) is 0 Å². The lowest BCUT2D eigenvalue weighted by Gasteiger charge is -1.88. The van der Waals surface area contributed by atoms with Crippen LogP contribution in [0, 0.1) is 0 Å². The molecule has 0 saturated carbocycles. The van der Waals surface area contributed by atoms with E-state index in [0.29, 0.717) is 0 Å². The number of rotatable bonds is 3. The zero-order chi connectivity index (χ0) is 7.11. The molecule has 5 nitrogen and oxygen atoms in total. The number of hydrogen-bond acceptors (Lipinski definition) is 5. The van der Waals surface area contributed by atoms with Crippen LogP contribution in [0.5, 0.6) is 0 Å². The fraction of sp³-hybridized carbons (Fsp3) is 0.333. The van der Waals surface area contributed by atoms with Crippen LogP contribution in [0.3, 0.4) is 0 Å². The van der Waals surface area contributed by atoms with Crippen LogP contribution >= 0.6 is 0 Å². The Morgan fingerprint density at radius 2 is 1.78 bits per heavy atom. The predicted molar refractivity (Wildman–Crippen MR) is 30.5 cm³/mol. The van der Waals surface area contributed by atoms with Gasteiger partial charge in [-0.2, -0.15) is 0 Å². The molecular formula is C3H4N2O3Si. The zero-order valence-corrected chi connectivity index (χ0v) is 5.60. The highest BCUT2D eigenvalue weighted by molar-refractivity contribution is 6.56. The first kappa shape index (κ1) is 7.94. The Hall–Kier alpha value is -1.06. The van der Waals surface area contributed by atoms with E-state index in [-0.39, 0.29) is 6.23 Å². The van der Waals surface area contributed by atoms with Gasteiger partial charge in [0.05, 0.1) is 6.23 Å². The molecule has 0 rings (SSSR count). The third kappa shape index (κ3) is 3.51. The summed E-state index contributed by atoms with van der Waals surface area (Å²) in [6, 6.07) is 0. The molecule has 0 aromatic rings. The monoisotopic (exact) mass is 144 g/mol. The molecule has 6 heteroatoms. The van der Waals surface area contributed by atoms with Crippen molar-refractivity contribution in [2.45, 2.75) is 0 Å². The van der Waals surface area contributed by atoms with Gasteiger partial charge in [0.2, 0.25) is 12.2 Å². The second kappa shape index (κ2) is 5.08. The van der Waals surface area contributed by atoms with E-state index in [0.717, 1.165) is 0 Å².